The Morgan fingerprint density at radius 2 is 1.81 bits per heavy atom. The van der Waals surface area contributed by atoms with Crippen LogP contribution in [0.4, 0.5) is 18.9 Å². The molecule has 2 rings (SSSR count). The van der Waals surface area contributed by atoms with E-state index in [1.54, 1.807) is 0 Å². The number of pyridine rings is 1. The molecule has 0 radical (unpaired) electrons. The number of hydrogen-bond donors (Lipinski definition) is 1. The summed E-state index contributed by atoms with van der Waals surface area (Å²) in [6.07, 6.45) is -2.15. The second-order valence-corrected chi connectivity index (χ2v) is 6.56. The van der Waals surface area contributed by atoms with Crippen LogP contribution in [-0.2, 0) is 16.2 Å². The second-order valence-electron chi connectivity index (χ2n) is 3.99. The molecule has 0 aliphatic carbocycles. The Morgan fingerprint density at radius 1 is 1.14 bits per heavy atom. The molecule has 4 nitrogen and oxygen atoms in total. The van der Waals surface area contributed by atoms with Crippen molar-refractivity contribution in [1.29, 1.82) is 0 Å². The van der Waals surface area contributed by atoms with Gasteiger partial charge in [-0.25, -0.2) is 8.42 Å². The van der Waals surface area contributed by atoms with Crippen molar-refractivity contribution in [3.8, 4) is 0 Å². The summed E-state index contributed by atoms with van der Waals surface area (Å²) in [6.45, 7) is 0. The minimum atomic E-state index is -4.76. The van der Waals surface area contributed by atoms with Gasteiger partial charge in [0.15, 0.2) is 0 Å². The molecule has 1 aromatic carbocycles. The molecule has 0 saturated heterocycles. The Hall–Kier alpha value is -1.61. The molecule has 0 spiro atoms. The van der Waals surface area contributed by atoms with Crippen LogP contribution < -0.4 is 4.72 Å². The van der Waals surface area contributed by atoms with Crippen molar-refractivity contribution in [3.63, 3.8) is 0 Å². The van der Waals surface area contributed by atoms with E-state index in [2.05, 4.69) is 25.6 Å². The van der Waals surface area contributed by atoms with Crippen LogP contribution in [0, 0.1) is 0 Å². The normalized spacial score (nSPS) is 12.2. The smallest absolute Gasteiger partial charge is 0.278 e. The van der Waals surface area contributed by atoms with E-state index in [-0.39, 0.29) is 5.69 Å². The quantitative estimate of drug-likeness (QED) is 0.883. The number of aromatic nitrogens is 1. The Balaban J connectivity index is 2.46. The molecule has 112 valence electrons. The van der Waals surface area contributed by atoms with Gasteiger partial charge in [0.05, 0.1) is 22.3 Å². The number of nitrogens with one attached hydrogen (secondary N) is 1. The van der Waals surface area contributed by atoms with Gasteiger partial charge in [-0.05, 0) is 34.1 Å². The van der Waals surface area contributed by atoms with Gasteiger partial charge in [-0.2, -0.15) is 13.2 Å². The minimum absolute atomic E-state index is 0.0568. The topological polar surface area (TPSA) is 59.1 Å². The Labute approximate surface area is 127 Å². The summed E-state index contributed by atoms with van der Waals surface area (Å²) in [5, 5.41) is 0. The molecule has 2 aromatic rings. The number of halogens is 4. The molecule has 1 aromatic heterocycles. The van der Waals surface area contributed by atoms with Gasteiger partial charge in [0.25, 0.3) is 10.0 Å². The first-order valence-electron chi connectivity index (χ1n) is 5.50. The van der Waals surface area contributed by atoms with E-state index in [1.807, 2.05) is 0 Å². The van der Waals surface area contributed by atoms with Crippen molar-refractivity contribution < 1.29 is 21.6 Å². The van der Waals surface area contributed by atoms with Crippen LogP contribution >= 0.6 is 15.9 Å². The second kappa shape index (κ2) is 5.64. The van der Waals surface area contributed by atoms with Gasteiger partial charge in [-0.15, -0.1) is 0 Å². The van der Waals surface area contributed by atoms with Crippen LogP contribution in [0.1, 0.15) is 5.56 Å². The van der Waals surface area contributed by atoms with Crippen molar-refractivity contribution in [2.45, 2.75) is 11.1 Å². The van der Waals surface area contributed by atoms with E-state index < -0.39 is 26.7 Å². The summed E-state index contributed by atoms with van der Waals surface area (Å²) in [5.41, 5.74) is -1.16. The predicted octanol–water partition coefficient (Wildman–Crippen LogP) is 3.66. The van der Waals surface area contributed by atoms with Crippen molar-refractivity contribution >= 4 is 31.6 Å². The lowest BCUT2D eigenvalue weighted by Crippen LogP contribution is -2.18. The fourth-order valence-corrected chi connectivity index (χ4v) is 3.24. The van der Waals surface area contributed by atoms with Crippen molar-refractivity contribution in [1.82, 2.24) is 4.98 Å². The van der Waals surface area contributed by atoms with E-state index in [1.165, 1.54) is 24.5 Å². The van der Waals surface area contributed by atoms with E-state index in [4.69, 9.17) is 0 Å². The zero-order valence-electron chi connectivity index (χ0n) is 10.2. The molecule has 0 fully saturated rings. The third-order valence-electron chi connectivity index (χ3n) is 2.44. The Bertz CT molecular complexity index is 763. The lowest BCUT2D eigenvalue weighted by Gasteiger charge is -2.14. The maximum Gasteiger partial charge on any atom is 0.417 e. The molecule has 0 aliphatic heterocycles. The van der Waals surface area contributed by atoms with Crippen molar-refractivity contribution in [2.24, 2.45) is 0 Å². The van der Waals surface area contributed by atoms with Crippen LogP contribution in [0.3, 0.4) is 0 Å². The molecule has 0 saturated carbocycles. The number of sulfonamides is 1. The van der Waals surface area contributed by atoms with Gasteiger partial charge in [0.1, 0.15) is 0 Å². The largest absolute Gasteiger partial charge is 0.417 e. The van der Waals surface area contributed by atoms with Crippen LogP contribution in [-0.4, -0.2) is 13.4 Å². The van der Waals surface area contributed by atoms with Crippen LogP contribution in [0.25, 0.3) is 0 Å². The van der Waals surface area contributed by atoms with E-state index >= 15 is 0 Å². The van der Waals surface area contributed by atoms with Crippen molar-refractivity contribution in [2.75, 3.05) is 4.72 Å². The highest BCUT2D eigenvalue weighted by Gasteiger charge is 2.36. The monoisotopic (exact) mass is 380 g/mol. The molecular formula is C12H8BrF3N2O2S. The number of hydrogen-bond acceptors (Lipinski definition) is 3. The number of nitrogens with zero attached hydrogens (tertiary/aromatic N) is 1. The van der Waals surface area contributed by atoms with E-state index in [0.29, 0.717) is 10.5 Å². The SMILES string of the molecule is O=S(=O)(Nc1cncc(Br)c1)c1ccccc1C(F)(F)F. The summed E-state index contributed by atoms with van der Waals surface area (Å²) in [6, 6.07) is 5.36. The van der Waals surface area contributed by atoms with Crippen LogP contribution in [0.5, 0.6) is 0 Å². The Morgan fingerprint density at radius 3 is 2.43 bits per heavy atom. The zero-order chi connectivity index (χ0) is 15.7. The number of anilines is 1. The van der Waals surface area contributed by atoms with Gasteiger partial charge < -0.3 is 0 Å². The highest BCUT2D eigenvalue weighted by atomic mass is 79.9. The van der Waals surface area contributed by atoms with Crippen LogP contribution in [0.15, 0.2) is 52.1 Å². The first-order chi connectivity index (χ1) is 9.70. The molecule has 0 amide bonds. The first-order valence-corrected chi connectivity index (χ1v) is 7.77. The predicted molar refractivity (Wildman–Crippen MR) is 74.2 cm³/mol. The molecule has 0 bridgehead atoms. The Kier molecular flexibility index (Phi) is 4.24. The maximum atomic E-state index is 12.9. The number of alkyl halides is 3. The first kappa shape index (κ1) is 15.8. The minimum Gasteiger partial charge on any atom is -0.278 e. The molecular weight excluding hydrogens is 373 g/mol. The fourth-order valence-electron chi connectivity index (χ4n) is 1.61. The average Bonchev–Trinajstić information content (AvgIpc) is 2.37. The van der Waals surface area contributed by atoms with Crippen molar-refractivity contribution in [3.05, 3.63) is 52.8 Å². The summed E-state index contributed by atoms with van der Waals surface area (Å²) >= 11 is 3.09. The summed E-state index contributed by atoms with van der Waals surface area (Å²) in [5.74, 6) is 0. The molecule has 21 heavy (non-hydrogen) atoms. The van der Waals surface area contributed by atoms with E-state index in [9.17, 15) is 21.6 Å². The summed E-state index contributed by atoms with van der Waals surface area (Å²) in [4.78, 5) is 2.90. The fraction of sp³-hybridized carbons (Fsp3) is 0.0833. The van der Waals surface area contributed by atoms with E-state index in [0.717, 1.165) is 12.1 Å². The third-order valence-corrected chi connectivity index (χ3v) is 4.31. The number of benzene rings is 1. The highest BCUT2D eigenvalue weighted by Crippen LogP contribution is 2.34. The molecule has 1 heterocycles. The molecule has 1 N–H and O–H groups in total. The van der Waals surface area contributed by atoms with Gasteiger partial charge in [0, 0.05) is 10.7 Å². The molecule has 9 heteroatoms. The molecule has 0 atom stereocenters. The standard InChI is InChI=1S/C12H8BrF3N2O2S/c13-8-5-9(7-17-6-8)18-21(19,20)11-4-2-1-3-10(11)12(14,15)16/h1-7,18H. The average molecular weight is 381 g/mol. The van der Waals surface area contributed by atoms with Gasteiger partial charge in [0.2, 0.25) is 0 Å². The third kappa shape index (κ3) is 3.73. The summed E-state index contributed by atoms with van der Waals surface area (Å²) in [7, 11) is -4.37. The van der Waals surface area contributed by atoms with Gasteiger partial charge in [-0.1, -0.05) is 12.1 Å². The maximum absolute atomic E-state index is 12.9. The lowest BCUT2D eigenvalue weighted by atomic mass is 10.2. The zero-order valence-corrected chi connectivity index (χ0v) is 12.6. The lowest BCUT2D eigenvalue weighted by molar-refractivity contribution is -0.139. The molecule has 0 unspecified atom stereocenters. The summed E-state index contributed by atoms with van der Waals surface area (Å²) < 4.78 is 65.4. The van der Waals surface area contributed by atoms with Gasteiger partial charge >= 0.3 is 6.18 Å². The highest BCUT2D eigenvalue weighted by molar-refractivity contribution is 9.10. The van der Waals surface area contributed by atoms with Crippen LogP contribution in [0.2, 0.25) is 0 Å². The molecule has 0 aliphatic rings. The number of rotatable bonds is 3. The van der Waals surface area contributed by atoms with Gasteiger partial charge in [-0.3, -0.25) is 9.71 Å².